The van der Waals surface area contributed by atoms with Crippen LogP contribution in [0.3, 0.4) is 0 Å². The fourth-order valence-electron chi connectivity index (χ4n) is 1.43. The monoisotopic (exact) mass is 128 g/mol. The van der Waals surface area contributed by atoms with Gasteiger partial charge in [0.1, 0.15) is 0 Å². The van der Waals surface area contributed by atoms with E-state index in [0.717, 1.165) is 19.0 Å². The summed E-state index contributed by atoms with van der Waals surface area (Å²) in [6.45, 7) is 4.44. The third-order valence-corrected chi connectivity index (χ3v) is 2.13. The summed E-state index contributed by atoms with van der Waals surface area (Å²) in [4.78, 5) is 0. The molecule has 0 saturated carbocycles. The van der Waals surface area contributed by atoms with Gasteiger partial charge in [0.25, 0.3) is 0 Å². The highest BCUT2D eigenvalue weighted by Gasteiger charge is 2.14. The van der Waals surface area contributed by atoms with Crippen molar-refractivity contribution in [3.63, 3.8) is 0 Å². The predicted octanol–water partition coefficient (Wildman–Crippen LogP) is 0.982. The summed E-state index contributed by atoms with van der Waals surface area (Å²) in [5.74, 6) is 6.50. The van der Waals surface area contributed by atoms with Crippen LogP contribution in [0, 0.1) is 5.92 Å². The van der Waals surface area contributed by atoms with E-state index in [1.165, 1.54) is 19.3 Å². The number of rotatable bonds is 1. The molecule has 0 amide bonds. The van der Waals surface area contributed by atoms with E-state index < -0.39 is 0 Å². The first-order chi connectivity index (χ1) is 4.33. The van der Waals surface area contributed by atoms with Crippen molar-refractivity contribution in [1.29, 1.82) is 0 Å². The molecule has 1 aliphatic heterocycles. The number of piperidine rings is 1. The van der Waals surface area contributed by atoms with Gasteiger partial charge < -0.3 is 0 Å². The van der Waals surface area contributed by atoms with Crippen LogP contribution in [-0.4, -0.2) is 18.1 Å². The van der Waals surface area contributed by atoms with E-state index in [4.69, 9.17) is 5.84 Å². The van der Waals surface area contributed by atoms with Gasteiger partial charge in [-0.05, 0) is 18.8 Å². The van der Waals surface area contributed by atoms with Crippen LogP contribution in [0.2, 0.25) is 0 Å². The van der Waals surface area contributed by atoms with Crippen LogP contribution in [0.25, 0.3) is 0 Å². The van der Waals surface area contributed by atoms with E-state index in [-0.39, 0.29) is 0 Å². The maximum absolute atomic E-state index is 5.63. The van der Waals surface area contributed by atoms with Crippen molar-refractivity contribution in [3.05, 3.63) is 0 Å². The number of hydrogen-bond donors (Lipinski definition) is 1. The summed E-state index contributed by atoms with van der Waals surface area (Å²) in [6, 6.07) is 0. The van der Waals surface area contributed by atoms with Gasteiger partial charge in [-0.25, -0.2) is 5.01 Å². The molecule has 0 aromatic rings. The van der Waals surface area contributed by atoms with E-state index in [0.29, 0.717) is 0 Å². The lowest BCUT2D eigenvalue weighted by Crippen LogP contribution is -2.40. The average molecular weight is 128 g/mol. The Morgan fingerprint density at radius 3 is 2.89 bits per heavy atom. The summed E-state index contributed by atoms with van der Waals surface area (Å²) in [5.41, 5.74) is 0. The molecule has 0 bridgehead atoms. The topological polar surface area (TPSA) is 29.3 Å². The quantitative estimate of drug-likeness (QED) is 0.533. The van der Waals surface area contributed by atoms with Crippen LogP contribution in [0.4, 0.5) is 0 Å². The van der Waals surface area contributed by atoms with E-state index >= 15 is 0 Å². The van der Waals surface area contributed by atoms with Gasteiger partial charge in [0.15, 0.2) is 0 Å². The Morgan fingerprint density at radius 2 is 2.44 bits per heavy atom. The van der Waals surface area contributed by atoms with Crippen molar-refractivity contribution < 1.29 is 0 Å². The first kappa shape index (κ1) is 7.03. The maximum Gasteiger partial charge on any atom is 0.0156 e. The van der Waals surface area contributed by atoms with Crippen LogP contribution >= 0.6 is 0 Å². The van der Waals surface area contributed by atoms with Gasteiger partial charge >= 0.3 is 0 Å². The highest BCUT2D eigenvalue weighted by atomic mass is 15.4. The minimum Gasteiger partial charge on any atom is -0.269 e. The van der Waals surface area contributed by atoms with E-state index in [1.807, 2.05) is 5.01 Å². The second-order valence-electron chi connectivity index (χ2n) is 2.91. The van der Waals surface area contributed by atoms with E-state index in [1.54, 1.807) is 0 Å². The molecule has 1 aliphatic rings. The van der Waals surface area contributed by atoms with Gasteiger partial charge in [0.05, 0.1) is 0 Å². The van der Waals surface area contributed by atoms with Gasteiger partial charge in [-0.3, -0.25) is 5.84 Å². The molecule has 1 heterocycles. The molecular formula is C7H16N2. The van der Waals surface area contributed by atoms with Crippen molar-refractivity contribution in [3.8, 4) is 0 Å². The van der Waals surface area contributed by atoms with Crippen LogP contribution in [0.1, 0.15) is 26.2 Å². The second-order valence-corrected chi connectivity index (χ2v) is 2.91. The number of nitrogens with two attached hydrogens (primary N) is 1. The minimum absolute atomic E-state index is 0.865. The van der Waals surface area contributed by atoms with Crippen LogP contribution in [-0.2, 0) is 0 Å². The fraction of sp³-hybridized carbons (Fsp3) is 1.00. The summed E-state index contributed by atoms with van der Waals surface area (Å²) in [5, 5.41) is 1.94. The highest BCUT2D eigenvalue weighted by molar-refractivity contribution is 4.67. The first-order valence-electron chi connectivity index (χ1n) is 3.82. The molecule has 0 spiro atoms. The van der Waals surface area contributed by atoms with Crippen LogP contribution in [0.5, 0.6) is 0 Å². The molecule has 54 valence electrons. The van der Waals surface area contributed by atoms with Crippen molar-refractivity contribution in [2.45, 2.75) is 26.2 Å². The third-order valence-electron chi connectivity index (χ3n) is 2.13. The van der Waals surface area contributed by atoms with Gasteiger partial charge in [0.2, 0.25) is 0 Å². The Bertz CT molecular complexity index is 83.0. The van der Waals surface area contributed by atoms with Crippen LogP contribution < -0.4 is 5.84 Å². The first-order valence-corrected chi connectivity index (χ1v) is 3.82. The Kier molecular flexibility index (Phi) is 2.49. The summed E-state index contributed by atoms with van der Waals surface area (Å²) in [6.07, 6.45) is 3.95. The molecular weight excluding hydrogens is 112 g/mol. The largest absolute Gasteiger partial charge is 0.269 e. The number of hydrazine groups is 1. The predicted molar refractivity (Wildman–Crippen MR) is 38.8 cm³/mol. The average Bonchev–Trinajstić information content (AvgIpc) is 1.88. The van der Waals surface area contributed by atoms with Crippen molar-refractivity contribution in [2.24, 2.45) is 11.8 Å². The highest BCUT2D eigenvalue weighted by Crippen LogP contribution is 2.16. The Balaban J connectivity index is 2.23. The molecule has 0 aromatic carbocycles. The fourth-order valence-corrected chi connectivity index (χ4v) is 1.43. The lowest BCUT2D eigenvalue weighted by molar-refractivity contribution is 0.175. The molecule has 1 atom stereocenters. The molecule has 2 nitrogen and oxygen atoms in total. The molecule has 2 N–H and O–H groups in total. The van der Waals surface area contributed by atoms with Gasteiger partial charge in [0, 0.05) is 13.1 Å². The molecule has 0 aromatic heterocycles. The zero-order chi connectivity index (χ0) is 6.69. The molecule has 9 heavy (non-hydrogen) atoms. The normalized spacial score (nSPS) is 30.7. The molecule has 2 heteroatoms. The van der Waals surface area contributed by atoms with Gasteiger partial charge in [-0.1, -0.05) is 13.3 Å². The Hall–Kier alpha value is -0.0800. The summed E-state index contributed by atoms with van der Waals surface area (Å²) < 4.78 is 0. The smallest absolute Gasteiger partial charge is 0.0156 e. The van der Waals surface area contributed by atoms with E-state index in [9.17, 15) is 0 Å². The number of hydrogen-bond acceptors (Lipinski definition) is 2. The zero-order valence-corrected chi connectivity index (χ0v) is 6.14. The van der Waals surface area contributed by atoms with Crippen molar-refractivity contribution in [1.82, 2.24) is 5.01 Å². The molecule has 1 rings (SSSR count). The second kappa shape index (κ2) is 3.18. The molecule has 1 unspecified atom stereocenters. The SMILES string of the molecule is CCC1CCCN(N)C1. The van der Waals surface area contributed by atoms with Crippen LogP contribution in [0.15, 0.2) is 0 Å². The lowest BCUT2D eigenvalue weighted by atomic mass is 9.97. The maximum atomic E-state index is 5.63. The minimum atomic E-state index is 0.865. The van der Waals surface area contributed by atoms with Crippen molar-refractivity contribution >= 4 is 0 Å². The summed E-state index contributed by atoms with van der Waals surface area (Å²) >= 11 is 0. The molecule has 0 radical (unpaired) electrons. The molecule has 0 aliphatic carbocycles. The molecule has 1 fully saturated rings. The lowest BCUT2D eigenvalue weighted by Gasteiger charge is -2.28. The Labute approximate surface area is 57.0 Å². The van der Waals surface area contributed by atoms with E-state index in [2.05, 4.69) is 6.92 Å². The standard InChI is InChI=1S/C7H16N2/c1-2-7-4-3-5-9(8)6-7/h7H,2-6,8H2,1H3. The zero-order valence-electron chi connectivity index (χ0n) is 6.14. The third kappa shape index (κ3) is 1.95. The van der Waals surface area contributed by atoms with Gasteiger partial charge in [-0.15, -0.1) is 0 Å². The number of nitrogens with zero attached hydrogens (tertiary/aromatic N) is 1. The summed E-state index contributed by atoms with van der Waals surface area (Å²) in [7, 11) is 0. The Morgan fingerprint density at radius 1 is 1.67 bits per heavy atom. The van der Waals surface area contributed by atoms with Crippen molar-refractivity contribution in [2.75, 3.05) is 13.1 Å². The molecule has 1 saturated heterocycles. The van der Waals surface area contributed by atoms with Gasteiger partial charge in [-0.2, -0.15) is 0 Å².